The van der Waals surface area contributed by atoms with Crippen molar-refractivity contribution in [3.8, 4) is 0 Å². The van der Waals surface area contributed by atoms with Crippen molar-refractivity contribution in [1.82, 2.24) is 9.80 Å². The molecule has 3 aliphatic rings. The largest absolute Gasteiger partial charge is 0.326 e. The highest BCUT2D eigenvalue weighted by molar-refractivity contribution is 7.92. The third kappa shape index (κ3) is 5.54. The van der Waals surface area contributed by atoms with Crippen LogP contribution in [0.5, 0.6) is 0 Å². The van der Waals surface area contributed by atoms with Crippen LogP contribution >= 0.6 is 0 Å². The monoisotopic (exact) mass is 497 g/mol. The van der Waals surface area contributed by atoms with E-state index in [2.05, 4.69) is 0 Å². The van der Waals surface area contributed by atoms with E-state index < -0.39 is 24.9 Å². The zero-order valence-electron chi connectivity index (χ0n) is 19.1. The summed E-state index contributed by atoms with van der Waals surface area (Å²) in [5, 5.41) is -0.677. The number of piperidine rings is 1. The molecule has 3 fully saturated rings. The van der Waals surface area contributed by atoms with Gasteiger partial charge in [-0.2, -0.15) is 0 Å². The number of urea groups is 1. The Morgan fingerprint density at radius 3 is 2.36 bits per heavy atom. The highest BCUT2D eigenvalue weighted by Gasteiger charge is 2.42. The molecule has 4 rings (SSSR count). The molecule has 1 aromatic rings. The smallest absolute Gasteiger partial charge is 0.320 e. The minimum atomic E-state index is -3.65. The zero-order chi connectivity index (χ0) is 23.6. The second-order valence-electron chi connectivity index (χ2n) is 9.74. The maximum atomic E-state index is 13.6. The van der Waals surface area contributed by atoms with Crippen LogP contribution in [0.2, 0.25) is 0 Å². The van der Waals surface area contributed by atoms with Crippen LogP contribution in [0.4, 0.5) is 4.79 Å². The number of hydrogen-bond acceptors (Lipinski definition) is 6. The molecule has 10 heteroatoms. The van der Waals surface area contributed by atoms with Gasteiger partial charge in [-0.1, -0.05) is 44.2 Å². The van der Waals surface area contributed by atoms with Crippen LogP contribution in [-0.4, -0.2) is 75.6 Å². The van der Waals surface area contributed by atoms with Crippen molar-refractivity contribution in [1.29, 1.82) is 0 Å². The van der Waals surface area contributed by atoms with E-state index in [1.807, 2.05) is 6.07 Å². The molecule has 1 saturated carbocycles. The molecule has 1 aromatic carbocycles. The summed E-state index contributed by atoms with van der Waals surface area (Å²) in [4.78, 5) is 16.9. The van der Waals surface area contributed by atoms with E-state index >= 15 is 0 Å². The summed E-state index contributed by atoms with van der Waals surface area (Å²) in [7, 11) is -6.75. The lowest BCUT2D eigenvalue weighted by Gasteiger charge is -2.43. The molecule has 8 nitrogen and oxygen atoms in total. The summed E-state index contributed by atoms with van der Waals surface area (Å²) in [6, 6.07) is 6.54. The van der Waals surface area contributed by atoms with Crippen LogP contribution in [0.25, 0.3) is 0 Å². The molecule has 1 aliphatic carbocycles. The third-order valence-electron chi connectivity index (χ3n) is 7.55. The van der Waals surface area contributed by atoms with Crippen LogP contribution in [0.3, 0.4) is 0 Å². The van der Waals surface area contributed by atoms with Gasteiger partial charge in [-0.3, -0.25) is 0 Å². The Hall–Kier alpha value is -1.65. The molecule has 0 radical (unpaired) electrons. The number of carbonyl (C=O) groups is 1. The Labute approximate surface area is 197 Å². The molecule has 184 valence electrons. The van der Waals surface area contributed by atoms with Crippen LogP contribution in [-0.2, 0) is 26.2 Å². The minimum absolute atomic E-state index is 0.0355. The number of nitrogens with two attached hydrogens (primary N) is 1. The van der Waals surface area contributed by atoms with Crippen LogP contribution < -0.4 is 5.73 Å². The van der Waals surface area contributed by atoms with Gasteiger partial charge in [0.05, 0.1) is 21.7 Å². The quantitative estimate of drug-likeness (QED) is 0.680. The topological polar surface area (TPSA) is 118 Å². The summed E-state index contributed by atoms with van der Waals surface area (Å²) in [6.07, 6.45) is 6.21. The normalized spacial score (nSPS) is 26.8. The molecule has 33 heavy (non-hydrogen) atoms. The van der Waals surface area contributed by atoms with Crippen LogP contribution in [0.15, 0.2) is 29.2 Å². The lowest BCUT2D eigenvalue weighted by atomic mass is 9.76. The van der Waals surface area contributed by atoms with E-state index in [4.69, 9.17) is 5.73 Å². The number of carbonyl (C=O) groups excluding carboxylic acids is 1. The first-order chi connectivity index (χ1) is 15.7. The predicted molar refractivity (Wildman–Crippen MR) is 127 cm³/mol. The molecule has 2 aliphatic heterocycles. The van der Waals surface area contributed by atoms with Gasteiger partial charge in [-0.05, 0) is 36.0 Å². The fourth-order valence-corrected chi connectivity index (χ4v) is 8.61. The summed E-state index contributed by atoms with van der Waals surface area (Å²) in [6.45, 7) is 1.28. The first-order valence-electron chi connectivity index (χ1n) is 12.0. The number of nitrogens with zero attached hydrogens (tertiary/aromatic N) is 2. The van der Waals surface area contributed by atoms with E-state index in [9.17, 15) is 21.6 Å². The molecule has 0 bridgehead atoms. The molecule has 0 spiro atoms. The van der Waals surface area contributed by atoms with Gasteiger partial charge in [0.25, 0.3) is 0 Å². The summed E-state index contributed by atoms with van der Waals surface area (Å²) >= 11 is 0. The highest BCUT2D eigenvalue weighted by atomic mass is 32.2. The van der Waals surface area contributed by atoms with Crippen molar-refractivity contribution in [2.24, 2.45) is 17.6 Å². The Morgan fingerprint density at radius 2 is 1.70 bits per heavy atom. The van der Waals surface area contributed by atoms with Gasteiger partial charge in [0, 0.05) is 32.7 Å². The fraction of sp³-hybridized carbons (Fsp3) is 0.696. The van der Waals surface area contributed by atoms with E-state index in [1.54, 1.807) is 28.0 Å². The molecule has 2 N–H and O–H groups in total. The van der Waals surface area contributed by atoms with Crippen molar-refractivity contribution < 1.29 is 21.6 Å². The Bertz CT molecular complexity index is 1050. The molecule has 2 atom stereocenters. The van der Waals surface area contributed by atoms with Crippen molar-refractivity contribution >= 4 is 25.7 Å². The van der Waals surface area contributed by atoms with Crippen molar-refractivity contribution in [2.75, 3.05) is 37.7 Å². The Kier molecular flexibility index (Phi) is 7.35. The maximum Gasteiger partial charge on any atom is 0.320 e. The standard InChI is InChI=1S/C23H35N3O5S2/c24-15-18-5-4-8-21(13-18)33(30,31)22-14-20(19-6-2-1-3-7-19)16-26(17-22)23(27)25-9-11-32(28,29)12-10-25/h4-5,8,13,19-20,22H,1-3,6-7,9-12,14-17,24H2/t20-,22-/m0/s1. The van der Waals surface area contributed by atoms with E-state index in [1.165, 1.54) is 6.42 Å². The summed E-state index contributed by atoms with van der Waals surface area (Å²) < 4.78 is 50.9. The number of benzene rings is 1. The number of hydrogen-bond donors (Lipinski definition) is 1. The second kappa shape index (κ2) is 9.92. The lowest BCUT2D eigenvalue weighted by molar-refractivity contribution is 0.105. The summed E-state index contributed by atoms with van der Waals surface area (Å²) in [5.41, 5.74) is 6.49. The van der Waals surface area contributed by atoms with Gasteiger partial charge in [-0.15, -0.1) is 0 Å². The minimum Gasteiger partial charge on any atom is -0.326 e. The van der Waals surface area contributed by atoms with Gasteiger partial charge in [0.1, 0.15) is 0 Å². The van der Waals surface area contributed by atoms with Gasteiger partial charge in [0.2, 0.25) is 0 Å². The fourth-order valence-electron chi connectivity index (χ4n) is 5.56. The Morgan fingerprint density at radius 1 is 1.00 bits per heavy atom. The molecular weight excluding hydrogens is 462 g/mol. The predicted octanol–water partition coefficient (Wildman–Crippen LogP) is 2.04. The van der Waals surface area contributed by atoms with Crippen LogP contribution in [0, 0.1) is 11.8 Å². The van der Waals surface area contributed by atoms with Gasteiger partial charge < -0.3 is 15.5 Å². The van der Waals surface area contributed by atoms with E-state index in [-0.39, 0.29) is 54.5 Å². The lowest BCUT2D eigenvalue weighted by Crippen LogP contribution is -2.56. The molecule has 2 heterocycles. The number of amides is 2. The number of sulfone groups is 2. The first kappa shape index (κ1) is 24.5. The molecule has 2 amide bonds. The molecule has 0 unspecified atom stereocenters. The zero-order valence-corrected chi connectivity index (χ0v) is 20.7. The van der Waals surface area contributed by atoms with Crippen molar-refractivity contribution in [3.63, 3.8) is 0 Å². The molecule has 2 saturated heterocycles. The average Bonchev–Trinajstić information content (AvgIpc) is 2.84. The van der Waals surface area contributed by atoms with Gasteiger partial charge in [-0.25, -0.2) is 21.6 Å². The number of rotatable bonds is 4. The molecular formula is C23H35N3O5S2. The SMILES string of the molecule is NCc1cccc(S(=O)(=O)[C@H]2C[C@H](C3CCCCC3)CN(C(=O)N3CCS(=O)(=O)CC3)C2)c1. The van der Waals surface area contributed by atoms with E-state index in [0.29, 0.717) is 18.9 Å². The Balaban J connectivity index is 1.58. The first-order valence-corrected chi connectivity index (χ1v) is 15.3. The maximum absolute atomic E-state index is 13.6. The summed E-state index contributed by atoms with van der Waals surface area (Å²) in [5.74, 6) is 0.483. The van der Waals surface area contributed by atoms with Crippen LogP contribution in [0.1, 0.15) is 44.1 Å². The second-order valence-corrected chi connectivity index (χ2v) is 14.3. The van der Waals surface area contributed by atoms with Gasteiger partial charge in [0.15, 0.2) is 19.7 Å². The van der Waals surface area contributed by atoms with Gasteiger partial charge >= 0.3 is 6.03 Å². The van der Waals surface area contributed by atoms with Crippen molar-refractivity contribution in [3.05, 3.63) is 29.8 Å². The highest BCUT2D eigenvalue weighted by Crippen LogP contribution is 2.38. The molecule has 0 aromatic heterocycles. The average molecular weight is 498 g/mol. The van der Waals surface area contributed by atoms with E-state index in [0.717, 1.165) is 31.2 Å². The van der Waals surface area contributed by atoms with Crippen molar-refractivity contribution in [2.45, 2.75) is 55.2 Å². The third-order valence-corrected chi connectivity index (χ3v) is 11.3. The number of likely N-dealkylation sites (tertiary alicyclic amines) is 1.